The van der Waals surface area contributed by atoms with Crippen molar-refractivity contribution in [2.75, 3.05) is 24.5 Å². The van der Waals surface area contributed by atoms with Crippen LogP contribution in [0.25, 0.3) is 22.4 Å². The van der Waals surface area contributed by atoms with Gasteiger partial charge in [0.15, 0.2) is 5.65 Å². The highest BCUT2D eigenvalue weighted by atomic mass is 16.5. The number of hydrogen-bond acceptors (Lipinski definition) is 8. The van der Waals surface area contributed by atoms with E-state index in [1.54, 1.807) is 0 Å². The standard InChI is InChI=1S/C26H27N7O2/c27-14-24(34)35-19-10-12-32(13-11-19)26-28-15-18(16-29-26)20-6-7-21-25(31-20)33-22(8-9-23(33)30-21)17-4-2-1-3-5-17/h1-7,15-16,19,22H,8-14,27H2/t22-/m1/s1. The maximum atomic E-state index is 11.4. The van der Waals surface area contributed by atoms with Gasteiger partial charge in [-0.3, -0.25) is 4.79 Å². The smallest absolute Gasteiger partial charge is 0.319 e. The minimum Gasteiger partial charge on any atom is -0.461 e. The third-order valence-corrected chi connectivity index (χ3v) is 6.87. The fourth-order valence-electron chi connectivity index (χ4n) is 5.10. The van der Waals surface area contributed by atoms with Crippen molar-refractivity contribution >= 4 is 23.1 Å². The van der Waals surface area contributed by atoms with Gasteiger partial charge in [0.25, 0.3) is 0 Å². The number of pyridine rings is 1. The average Bonchev–Trinajstić information content (AvgIpc) is 3.49. The SMILES string of the molecule is NCC(=O)OC1CCN(c2ncc(-c3ccc4nc5n(c4n3)[C@@H](c3ccccc3)CC5)cn2)CC1. The second-order valence-electron chi connectivity index (χ2n) is 9.05. The van der Waals surface area contributed by atoms with Crippen LogP contribution in [0.4, 0.5) is 5.95 Å². The number of aryl methyl sites for hydroxylation is 1. The Labute approximate surface area is 203 Å². The number of nitrogens with two attached hydrogens (primary N) is 1. The van der Waals surface area contributed by atoms with Crippen molar-refractivity contribution in [2.45, 2.75) is 37.8 Å². The van der Waals surface area contributed by atoms with Crippen LogP contribution in [0.15, 0.2) is 54.9 Å². The fraction of sp³-hybridized carbons (Fsp3) is 0.346. The van der Waals surface area contributed by atoms with Gasteiger partial charge in [-0.15, -0.1) is 0 Å². The Morgan fingerprint density at radius 2 is 1.77 bits per heavy atom. The van der Waals surface area contributed by atoms with Gasteiger partial charge in [0.1, 0.15) is 17.4 Å². The Hall–Kier alpha value is -3.85. The summed E-state index contributed by atoms with van der Waals surface area (Å²) in [4.78, 5) is 32.6. The lowest BCUT2D eigenvalue weighted by atomic mass is 10.0. The fourth-order valence-corrected chi connectivity index (χ4v) is 5.10. The van der Waals surface area contributed by atoms with E-state index in [9.17, 15) is 4.79 Å². The summed E-state index contributed by atoms with van der Waals surface area (Å²) in [5, 5.41) is 0. The molecule has 1 atom stereocenters. The van der Waals surface area contributed by atoms with Gasteiger partial charge in [0.2, 0.25) is 5.95 Å². The van der Waals surface area contributed by atoms with Crippen LogP contribution in [0, 0.1) is 0 Å². The van der Waals surface area contributed by atoms with E-state index in [0.29, 0.717) is 5.95 Å². The number of ether oxygens (including phenoxy) is 1. The van der Waals surface area contributed by atoms with Crippen molar-refractivity contribution in [2.24, 2.45) is 5.73 Å². The molecule has 1 aromatic carbocycles. The summed E-state index contributed by atoms with van der Waals surface area (Å²) >= 11 is 0. The molecule has 3 aromatic heterocycles. The van der Waals surface area contributed by atoms with Crippen LogP contribution in [-0.4, -0.2) is 56.2 Å². The zero-order valence-electron chi connectivity index (χ0n) is 19.4. The lowest BCUT2D eigenvalue weighted by Crippen LogP contribution is -2.39. The number of aromatic nitrogens is 5. The minimum atomic E-state index is -0.354. The number of imidazole rings is 1. The van der Waals surface area contributed by atoms with Gasteiger partial charge >= 0.3 is 5.97 Å². The molecule has 9 nitrogen and oxygen atoms in total. The van der Waals surface area contributed by atoms with Gasteiger partial charge in [-0.25, -0.2) is 19.9 Å². The van der Waals surface area contributed by atoms with Crippen molar-refractivity contribution < 1.29 is 9.53 Å². The Bertz CT molecular complexity index is 1350. The van der Waals surface area contributed by atoms with Crippen LogP contribution in [0.5, 0.6) is 0 Å². The Kier molecular flexibility index (Phi) is 5.61. The number of nitrogens with zero attached hydrogens (tertiary/aromatic N) is 6. The number of esters is 1. The summed E-state index contributed by atoms with van der Waals surface area (Å²) < 4.78 is 7.63. The molecular weight excluding hydrogens is 442 g/mol. The van der Waals surface area contributed by atoms with E-state index in [4.69, 9.17) is 20.4 Å². The predicted molar refractivity (Wildman–Crippen MR) is 132 cm³/mol. The van der Waals surface area contributed by atoms with E-state index in [2.05, 4.69) is 43.7 Å². The molecular formula is C26H27N7O2. The number of carbonyl (C=O) groups excluding carboxylic acids is 1. The molecule has 2 aliphatic heterocycles. The van der Waals surface area contributed by atoms with E-state index in [-0.39, 0.29) is 24.7 Å². The van der Waals surface area contributed by atoms with Crippen LogP contribution >= 0.6 is 0 Å². The number of benzene rings is 1. The van der Waals surface area contributed by atoms with E-state index in [0.717, 1.165) is 67.0 Å². The first-order valence-electron chi connectivity index (χ1n) is 12.1. The Morgan fingerprint density at radius 1 is 1.00 bits per heavy atom. The zero-order chi connectivity index (χ0) is 23.8. The van der Waals surface area contributed by atoms with Crippen molar-refractivity contribution in [3.63, 3.8) is 0 Å². The molecule has 0 saturated carbocycles. The third-order valence-electron chi connectivity index (χ3n) is 6.87. The second-order valence-corrected chi connectivity index (χ2v) is 9.05. The molecule has 9 heteroatoms. The number of carbonyl (C=O) groups is 1. The molecule has 0 unspecified atom stereocenters. The first-order chi connectivity index (χ1) is 17.2. The molecule has 0 bridgehead atoms. The van der Waals surface area contributed by atoms with Crippen molar-refractivity contribution in [1.82, 2.24) is 24.5 Å². The molecule has 6 rings (SSSR count). The van der Waals surface area contributed by atoms with E-state index in [1.165, 1.54) is 5.56 Å². The minimum absolute atomic E-state index is 0.0837. The summed E-state index contributed by atoms with van der Waals surface area (Å²) in [6.07, 6.45) is 7.03. The van der Waals surface area contributed by atoms with Crippen molar-refractivity contribution in [3.8, 4) is 11.3 Å². The summed E-state index contributed by atoms with van der Waals surface area (Å²) in [5.74, 6) is 1.41. The molecule has 0 aliphatic carbocycles. The highest BCUT2D eigenvalue weighted by Crippen LogP contribution is 2.35. The molecule has 35 heavy (non-hydrogen) atoms. The first kappa shape index (κ1) is 21.7. The summed E-state index contributed by atoms with van der Waals surface area (Å²) in [7, 11) is 0. The number of hydrogen-bond donors (Lipinski definition) is 1. The summed E-state index contributed by atoms with van der Waals surface area (Å²) in [5.41, 5.74) is 10.1. The van der Waals surface area contributed by atoms with Crippen LogP contribution in [0.1, 0.15) is 36.7 Å². The molecule has 2 N–H and O–H groups in total. The first-order valence-corrected chi connectivity index (χ1v) is 12.1. The predicted octanol–water partition coefficient (Wildman–Crippen LogP) is 2.89. The quantitative estimate of drug-likeness (QED) is 0.444. The molecule has 1 fully saturated rings. The van der Waals surface area contributed by atoms with E-state index < -0.39 is 0 Å². The van der Waals surface area contributed by atoms with Crippen LogP contribution in [0.3, 0.4) is 0 Å². The van der Waals surface area contributed by atoms with Gasteiger partial charge < -0.3 is 19.9 Å². The van der Waals surface area contributed by atoms with Crippen LogP contribution < -0.4 is 10.6 Å². The van der Waals surface area contributed by atoms with E-state index in [1.807, 2.05) is 30.6 Å². The highest BCUT2D eigenvalue weighted by Gasteiger charge is 2.28. The van der Waals surface area contributed by atoms with Crippen molar-refractivity contribution in [1.29, 1.82) is 0 Å². The largest absolute Gasteiger partial charge is 0.461 e. The highest BCUT2D eigenvalue weighted by molar-refractivity contribution is 5.76. The number of piperidine rings is 1. The Morgan fingerprint density at radius 3 is 2.51 bits per heavy atom. The zero-order valence-corrected chi connectivity index (χ0v) is 19.4. The maximum Gasteiger partial charge on any atom is 0.319 e. The van der Waals surface area contributed by atoms with Gasteiger partial charge in [0.05, 0.1) is 18.3 Å². The number of rotatable bonds is 5. The van der Waals surface area contributed by atoms with Crippen LogP contribution in [-0.2, 0) is 16.0 Å². The Balaban J connectivity index is 1.22. The topological polar surface area (TPSA) is 112 Å². The second kappa shape index (κ2) is 9.07. The van der Waals surface area contributed by atoms with E-state index >= 15 is 0 Å². The maximum absolute atomic E-state index is 11.4. The summed E-state index contributed by atoms with van der Waals surface area (Å²) in [6.45, 7) is 1.38. The molecule has 2 aliphatic rings. The monoisotopic (exact) mass is 469 g/mol. The van der Waals surface area contributed by atoms with Gasteiger partial charge in [0, 0.05) is 50.3 Å². The van der Waals surface area contributed by atoms with Crippen LogP contribution in [0.2, 0.25) is 0 Å². The number of fused-ring (bicyclic) bond motifs is 3. The lowest BCUT2D eigenvalue weighted by molar-refractivity contribution is -0.148. The lowest BCUT2D eigenvalue weighted by Gasteiger charge is -2.31. The summed E-state index contributed by atoms with van der Waals surface area (Å²) in [6, 6.07) is 14.8. The molecule has 5 heterocycles. The normalized spacial score (nSPS) is 18.1. The van der Waals surface area contributed by atoms with Gasteiger partial charge in [-0.05, 0) is 24.1 Å². The molecule has 1 saturated heterocycles. The number of anilines is 1. The molecule has 0 radical (unpaired) electrons. The van der Waals surface area contributed by atoms with Gasteiger partial charge in [-0.2, -0.15) is 0 Å². The third kappa shape index (κ3) is 4.12. The van der Waals surface area contributed by atoms with Gasteiger partial charge in [-0.1, -0.05) is 30.3 Å². The van der Waals surface area contributed by atoms with Crippen molar-refractivity contribution in [3.05, 3.63) is 66.2 Å². The molecule has 178 valence electrons. The average molecular weight is 470 g/mol. The molecule has 4 aromatic rings. The molecule has 0 spiro atoms. The molecule has 0 amide bonds.